The molecule has 2 unspecified atom stereocenters. The summed E-state index contributed by atoms with van der Waals surface area (Å²) in [6.07, 6.45) is -0.260. The van der Waals surface area contributed by atoms with Crippen molar-refractivity contribution in [1.82, 2.24) is 4.72 Å². The molecule has 1 aliphatic carbocycles. The highest BCUT2D eigenvalue weighted by atomic mass is 32.2. The molecule has 2 N–H and O–H groups in total. The lowest BCUT2D eigenvalue weighted by atomic mass is 10.1. The highest BCUT2D eigenvalue weighted by molar-refractivity contribution is 7.89. The van der Waals surface area contributed by atoms with Crippen LogP contribution in [0.25, 0.3) is 0 Å². The van der Waals surface area contributed by atoms with Gasteiger partial charge in [0, 0.05) is 6.42 Å². The molecule has 2 aromatic carbocycles. The SMILES string of the molecule is O=S(=O)(NC1c2ccccc2CC1O)c1ccccc1. The highest BCUT2D eigenvalue weighted by Gasteiger charge is 2.34. The Hall–Kier alpha value is -1.69. The second kappa shape index (κ2) is 5.01. The summed E-state index contributed by atoms with van der Waals surface area (Å²) in [5, 5.41) is 10.1. The second-order valence-corrected chi connectivity index (χ2v) is 6.60. The molecular formula is C15H15NO3S. The van der Waals surface area contributed by atoms with Gasteiger partial charge in [-0.15, -0.1) is 0 Å². The van der Waals surface area contributed by atoms with E-state index >= 15 is 0 Å². The van der Waals surface area contributed by atoms with Crippen LogP contribution in [0.5, 0.6) is 0 Å². The summed E-state index contributed by atoms with van der Waals surface area (Å²) >= 11 is 0. The third kappa shape index (κ3) is 2.35. The molecule has 0 heterocycles. The molecule has 104 valence electrons. The molecule has 0 aliphatic heterocycles. The van der Waals surface area contributed by atoms with Crippen LogP contribution in [0.1, 0.15) is 17.2 Å². The van der Waals surface area contributed by atoms with Crippen LogP contribution in [0.3, 0.4) is 0 Å². The Morgan fingerprint density at radius 2 is 1.65 bits per heavy atom. The zero-order valence-electron chi connectivity index (χ0n) is 10.7. The minimum Gasteiger partial charge on any atom is -0.391 e. The smallest absolute Gasteiger partial charge is 0.241 e. The molecule has 0 saturated heterocycles. The van der Waals surface area contributed by atoms with Crippen LogP contribution in [0, 0.1) is 0 Å². The Kier molecular flexibility index (Phi) is 3.33. The number of nitrogens with one attached hydrogen (secondary N) is 1. The lowest BCUT2D eigenvalue weighted by molar-refractivity contribution is 0.151. The Bertz CT molecular complexity index is 713. The first-order chi connectivity index (χ1) is 9.58. The summed E-state index contributed by atoms with van der Waals surface area (Å²) in [5.74, 6) is 0. The molecule has 0 aromatic heterocycles. The number of benzene rings is 2. The molecule has 0 fully saturated rings. The predicted octanol–water partition coefficient (Wildman–Crippen LogP) is 1.62. The molecule has 1 aliphatic rings. The number of hydrogen-bond acceptors (Lipinski definition) is 3. The second-order valence-electron chi connectivity index (χ2n) is 4.88. The molecule has 3 rings (SSSR count). The molecule has 0 saturated carbocycles. The average molecular weight is 289 g/mol. The predicted molar refractivity (Wildman–Crippen MR) is 75.7 cm³/mol. The summed E-state index contributed by atoms with van der Waals surface area (Å²) in [6, 6.07) is 15.1. The van der Waals surface area contributed by atoms with Crippen molar-refractivity contribution in [1.29, 1.82) is 0 Å². The summed E-state index contributed by atoms with van der Waals surface area (Å²) in [4.78, 5) is 0.205. The average Bonchev–Trinajstić information content (AvgIpc) is 2.76. The normalized spacial score (nSPS) is 21.6. The molecule has 2 aromatic rings. The van der Waals surface area contributed by atoms with E-state index in [0.29, 0.717) is 6.42 Å². The van der Waals surface area contributed by atoms with E-state index in [1.165, 1.54) is 12.1 Å². The van der Waals surface area contributed by atoms with Gasteiger partial charge in [0.2, 0.25) is 10.0 Å². The first kappa shape index (κ1) is 13.3. The molecule has 20 heavy (non-hydrogen) atoms. The maximum absolute atomic E-state index is 12.3. The summed E-state index contributed by atoms with van der Waals surface area (Å²) in [6.45, 7) is 0. The van der Waals surface area contributed by atoms with E-state index < -0.39 is 22.2 Å². The van der Waals surface area contributed by atoms with E-state index in [1.54, 1.807) is 18.2 Å². The van der Waals surface area contributed by atoms with Gasteiger partial charge in [-0.2, -0.15) is 0 Å². The van der Waals surface area contributed by atoms with Crippen molar-refractivity contribution in [3.63, 3.8) is 0 Å². The molecule has 2 atom stereocenters. The molecular weight excluding hydrogens is 274 g/mol. The summed E-state index contributed by atoms with van der Waals surface area (Å²) < 4.78 is 27.2. The number of aliphatic hydroxyl groups excluding tert-OH is 1. The summed E-state index contributed by atoms with van der Waals surface area (Å²) in [5.41, 5.74) is 1.83. The minimum atomic E-state index is -3.63. The Labute approximate surface area is 118 Å². The molecule has 5 heteroatoms. The number of aliphatic hydroxyl groups is 1. The monoisotopic (exact) mass is 289 g/mol. The Balaban J connectivity index is 1.92. The van der Waals surface area contributed by atoms with Crippen molar-refractivity contribution in [2.45, 2.75) is 23.5 Å². The van der Waals surface area contributed by atoms with Crippen molar-refractivity contribution >= 4 is 10.0 Å². The maximum Gasteiger partial charge on any atom is 0.241 e. The van der Waals surface area contributed by atoms with Gasteiger partial charge in [-0.3, -0.25) is 0 Å². The van der Waals surface area contributed by atoms with Gasteiger partial charge in [-0.1, -0.05) is 42.5 Å². The van der Waals surface area contributed by atoms with Crippen LogP contribution in [-0.4, -0.2) is 19.6 Å². The largest absolute Gasteiger partial charge is 0.391 e. The van der Waals surface area contributed by atoms with E-state index in [1.807, 2.05) is 24.3 Å². The van der Waals surface area contributed by atoms with Crippen LogP contribution in [-0.2, 0) is 16.4 Å². The highest BCUT2D eigenvalue weighted by Crippen LogP contribution is 2.32. The Morgan fingerprint density at radius 1 is 1.00 bits per heavy atom. The van der Waals surface area contributed by atoms with E-state index in [-0.39, 0.29) is 4.90 Å². The van der Waals surface area contributed by atoms with Crippen molar-refractivity contribution in [2.75, 3.05) is 0 Å². The number of fused-ring (bicyclic) bond motifs is 1. The van der Waals surface area contributed by atoms with Gasteiger partial charge in [0.1, 0.15) is 0 Å². The Morgan fingerprint density at radius 3 is 2.40 bits per heavy atom. The van der Waals surface area contributed by atoms with Crippen LogP contribution >= 0.6 is 0 Å². The fraction of sp³-hybridized carbons (Fsp3) is 0.200. The topological polar surface area (TPSA) is 66.4 Å². The van der Waals surface area contributed by atoms with Crippen LogP contribution in [0.2, 0.25) is 0 Å². The summed E-state index contributed by atoms with van der Waals surface area (Å²) in [7, 11) is -3.63. The van der Waals surface area contributed by atoms with Gasteiger partial charge in [0.25, 0.3) is 0 Å². The first-order valence-electron chi connectivity index (χ1n) is 6.41. The zero-order valence-corrected chi connectivity index (χ0v) is 11.5. The standard InChI is InChI=1S/C15H15NO3S/c17-14-10-11-6-4-5-9-13(11)15(14)16-20(18,19)12-7-2-1-3-8-12/h1-9,14-17H,10H2. The molecule has 0 amide bonds. The lowest BCUT2D eigenvalue weighted by Gasteiger charge is -2.18. The van der Waals surface area contributed by atoms with Gasteiger partial charge in [-0.25, -0.2) is 13.1 Å². The number of rotatable bonds is 3. The maximum atomic E-state index is 12.3. The first-order valence-corrected chi connectivity index (χ1v) is 7.89. The fourth-order valence-corrected chi connectivity index (χ4v) is 3.82. The molecule has 0 radical (unpaired) electrons. The van der Waals surface area contributed by atoms with Crippen molar-refractivity contribution in [3.05, 3.63) is 65.7 Å². The fourth-order valence-electron chi connectivity index (χ4n) is 2.55. The van der Waals surface area contributed by atoms with Crippen LogP contribution in [0.4, 0.5) is 0 Å². The lowest BCUT2D eigenvalue weighted by Crippen LogP contribution is -2.33. The minimum absolute atomic E-state index is 0.205. The quantitative estimate of drug-likeness (QED) is 0.902. The van der Waals surface area contributed by atoms with Crippen molar-refractivity contribution < 1.29 is 13.5 Å². The molecule has 0 bridgehead atoms. The van der Waals surface area contributed by atoms with Gasteiger partial charge >= 0.3 is 0 Å². The van der Waals surface area contributed by atoms with Gasteiger partial charge < -0.3 is 5.11 Å². The van der Waals surface area contributed by atoms with E-state index in [0.717, 1.165) is 11.1 Å². The van der Waals surface area contributed by atoms with Crippen molar-refractivity contribution in [3.8, 4) is 0 Å². The van der Waals surface area contributed by atoms with Crippen LogP contribution in [0.15, 0.2) is 59.5 Å². The molecule has 4 nitrogen and oxygen atoms in total. The van der Waals surface area contributed by atoms with Gasteiger partial charge in [0.15, 0.2) is 0 Å². The van der Waals surface area contributed by atoms with Crippen LogP contribution < -0.4 is 4.72 Å². The third-order valence-electron chi connectivity index (χ3n) is 3.54. The number of sulfonamides is 1. The molecule has 0 spiro atoms. The van der Waals surface area contributed by atoms with Crippen molar-refractivity contribution in [2.24, 2.45) is 0 Å². The third-order valence-corrected chi connectivity index (χ3v) is 5.00. The van der Waals surface area contributed by atoms with E-state index in [4.69, 9.17) is 0 Å². The van der Waals surface area contributed by atoms with E-state index in [9.17, 15) is 13.5 Å². The van der Waals surface area contributed by atoms with E-state index in [2.05, 4.69) is 4.72 Å². The van der Waals surface area contributed by atoms with Gasteiger partial charge in [-0.05, 0) is 23.3 Å². The zero-order chi connectivity index (χ0) is 14.2. The van der Waals surface area contributed by atoms with Gasteiger partial charge in [0.05, 0.1) is 17.0 Å². The number of hydrogen-bond donors (Lipinski definition) is 2.